The average molecular weight is 466 g/mol. The monoisotopic (exact) mass is 465 g/mol. The number of alkyl halides is 1. The van der Waals surface area contributed by atoms with Crippen LogP contribution in [-0.2, 0) is 45.2 Å². The van der Waals surface area contributed by atoms with Crippen molar-refractivity contribution < 1.29 is 19.0 Å². The number of benzene rings is 2. The summed E-state index contributed by atoms with van der Waals surface area (Å²) in [4.78, 5) is 12.6. The molecule has 0 atom stereocenters. The number of aryl methyl sites for hydroxylation is 1. The molecule has 0 saturated carbocycles. The number of ether oxygens (including phenoxy) is 3. The van der Waals surface area contributed by atoms with Crippen LogP contribution in [0.2, 0.25) is 0 Å². The zero-order valence-electron chi connectivity index (χ0n) is 18.0. The van der Waals surface area contributed by atoms with Crippen molar-refractivity contribution in [1.29, 1.82) is 0 Å². The van der Waals surface area contributed by atoms with E-state index in [4.69, 9.17) is 25.8 Å². The van der Waals surface area contributed by atoms with E-state index >= 15 is 0 Å². The summed E-state index contributed by atoms with van der Waals surface area (Å²) in [7, 11) is 0. The standard InChI is InChI=1S/C25H24ClN3O4/c26-14-7-12-21-16-29(28-27-21)15-13-22-23(31-17-19-8-3-1-4-9-19)24(25(30)33-22)32-18-20-10-5-2-6-11-20/h1-6,8-11,13,16H,7,12,14-15,17-18H2/b22-13-. The lowest BCUT2D eigenvalue weighted by atomic mass is 10.2. The van der Waals surface area contributed by atoms with Crippen LogP contribution in [0, 0.1) is 0 Å². The number of esters is 1. The number of carbonyl (C=O) groups is 1. The normalized spacial score (nSPS) is 14.6. The van der Waals surface area contributed by atoms with Crippen LogP contribution in [0.25, 0.3) is 0 Å². The Bertz CT molecular complexity index is 1130. The van der Waals surface area contributed by atoms with E-state index in [1.54, 1.807) is 10.8 Å². The van der Waals surface area contributed by atoms with E-state index in [2.05, 4.69) is 10.3 Å². The summed E-state index contributed by atoms with van der Waals surface area (Å²) < 4.78 is 19.0. The van der Waals surface area contributed by atoms with Crippen LogP contribution in [0.15, 0.2) is 90.2 Å². The van der Waals surface area contributed by atoms with Crippen LogP contribution < -0.4 is 0 Å². The van der Waals surface area contributed by atoms with Crippen molar-refractivity contribution in [1.82, 2.24) is 15.0 Å². The molecule has 0 aliphatic carbocycles. The van der Waals surface area contributed by atoms with Gasteiger partial charge in [-0.1, -0.05) is 65.9 Å². The first-order chi connectivity index (χ1) is 16.2. The van der Waals surface area contributed by atoms with Crippen LogP contribution in [0.1, 0.15) is 23.2 Å². The number of carbonyl (C=O) groups excluding carboxylic acids is 1. The fourth-order valence-corrected chi connectivity index (χ4v) is 3.35. The molecule has 2 aromatic carbocycles. The number of cyclic esters (lactones) is 1. The summed E-state index contributed by atoms with van der Waals surface area (Å²) in [6.07, 6.45) is 5.18. The van der Waals surface area contributed by atoms with Gasteiger partial charge in [0.1, 0.15) is 13.2 Å². The molecule has 3 aromatic rings. The molecule has 0 fully saturated rings. The van der Waals surface area contributed by atoms with E-state index in [-0.39, 0.29) is 24.7 Å². The molecule has 1 aliphatic rings. The van der Waals surface area contributed by atoms with E-state index in [9.17, 15) is 4.79 Å². The van der Waals surface area contributed by atoms with Crippen LogP contribution in [0.3, 0.4) is 0 Å². The molecule has 1 aromatic heterocycles. The van der Waals surface area contributed by atoms with Gasteiger partial charge in [-0.2, -0.15) is 0 Å². The molecule has 170 valence electrons. The van der Waals surface area contributed by atoms with Crippen molar-refractivity contribution in [2.75, 3.05) is 5.88 Å². The number of nitrogens with zero attached hydrogens (tertiary/aromatic N) is 3. The summed E-state index contributed by atoms with van der Waals surface area (Å²) in [5, 5.41) is 8.25. The summed E-state index contributed by atoms with van der Waals surface area (Å²) in [6.45, 7) is 0.860. The summed E-state index contributed by atoms with van der Waals surface area (Å²) >= 11 is 5.74. The van der Waals surface area contributed by atoms with Gasteiger partial charge in [-0.05, 0) is 30.0 Å². The topological polar surface area (TPSA) is 75.5 Å². The van der Waals surface area contributed by atoms with Gasteiger partial charge in [-0.3, -0.25) is 0 Å². The van der Waals surface area contributed by atoms with E-state index in [0.29, 0.717) is 18.2 Å². The third-order valence-electron chi connectivity index (χ3n) is 4.89. The fraction of sp³-hybridized carbons (Fsp3) is 0.240. The number of halogens is 1. The summed E-state index contributed by atoms with van der Waals surface area (Å²) in [5.41, 5.74) is 2.76. The molecule has 4 rings (SSSR count). The Hall–Kier alpha value is -3.58. The van der Waals surface area contributed by atoms with Gasteiger partial charge in [0.2, 0.25) is 5.76 Å². The minimum Gasteiger partial charge on any atom is -0.481 e. The molecule has 0 N–H and O–H groups in total. The molecule has 1 aliphatic heterocycles. The SMILES string of the molecule is O=C1O/C(=C\Cn2cc(CCCCl)nn2)C(OCc2ccccc2)=C1OCc1ccccc1. The van der Waals surface area contributed by atoms with Gasteiger partial charge in [-0.25, -0.2) is 9.48 Å². The average Bonchev–Trinajstić information content (AvgIpc) is 3.43. The lowest BCUT2D eigenvalue weighted by molar-refractivity contribution is -0.136. The van der Waals surface area contributed by atoms with Gasteiger partial charge in [0.15, 0.2) is 5.76 Å². The minimum atomic E-state index is -0.582. The Morgan fingerprint density at radius 2 is 1.58 bits per heavy atom. The molecule has 2 heterocycles. The highest BCUT2D eigenvalue weighted by atomic mass is 35.5. The van der Waals surface area contributed by atoms with Gasteiger partial charge in [0, 0.05) is 12.1 Å². The van der Waals surface area contributed by atoms with Gasteiger partial charge >= 0.3 is 5.97 Å². The van der Waals surface area contributed by atoms with Crippen LogP contribution in [0.4, 0.5) is 0 Å². The predicted molar refractivity (Wildman–Crippen MR) is 123 cm³/mol. The zero-order valence-corrected chi connectivity index (χ0v) is 18.8. The molecule has 7 nitrogen and oxygen atoms in total. The molecular weight excluding hydrogens is 442 g/mol. The Morgan fingerprint density at radius 3 is 2.21 bits per heavy atom. The number of rotatable bonds is 11. The molecule has 0 saturated heterocycles. The molecule has 0 unspecified atom stereocenters. The van der Waals surface area contributed by atoms with Crippen molar-refractivity contribution >= 4 is 17.6 Å². The van der Waals surface area contributed by atoms with Crippen molar-refractivity contribution in [3.8, 4) is 0 Å². The first-order valence-corrected chi connectivity index (χ1v) is 11.2. The highest BCUT2D eigenvalue weighted by Gasteiger charge is 2.34. The maximum Gasteiger partial charge on any atom is 0.383 e. The van der Waals surface area contributed by atoms with Crippen LogP contribution in [0.5, 0.6) is 0 Å². The second-order valence-electron chi connectivity index (χ2n) is 7.39. The summed E-state index contributed by atoms with van der Waals surface area (Å²) in [5.74, 6) is 0.633. The van der Waals surface area contributed by atoms with Gasteiger partial charge in [0.05, 0.1) is 12.2 Å². The molecule has 0 spiro atoms. The maximum atomic E-state index is 12.6. The Morgan fingerprint density at radius 1 is 0.939 bits per heavy atom. The third kappa shape index (κ3) is 6.23. The van der Waals surface area contributed by atoms with E-state index in [1.165, 1.54) is 0 Å². The third-order valence-corrected chi connectivity index (χ3v) is 5.15. The molecular formula is C25H24ClN3O4. The largest absolute Gasteiger partial charge is 0.481 e. The van der Waals surface area contributed by atoms with E-state index < -0.39 is 5.97 Å². The molecule has 0 amide bonds. The van der Waals surface area contributed by atoms with Gasteiger partial charge in [-0.15, -0.1) is 16.7 Å². The Balaban J connectivity index is 1.52. The Labute approximate surface area is 197 Å². The van der Waals surface area contributed by atoms with Crippen LogP contribution >= 0.6 is 11.6 Å². The summed E-state index contributed by atoms with van der Waals surface area (Å²) in [6, 6.07) is 19.3. The Kier molecular flexibility index (Phi) is 7.76. The lowest BCUT2D eigenvalue weighted by Crippen LogP contribution is -2.04. The van der Waals surface area contributed by atoms with Gasteiger partial charge < -0.3 is 14.2 Å². The molecule has 0 bridgehead atoms. The van der Waals surface area contributed by atoms with Gasteiger partial charge in [0.25, 0.3) is 5.76 Å². The highest BCUT2D eigenvalue weighted by molar-refractivity contribution is 6.17. The van der Waals surface area contributed by atoms with Crippen molar-refractivity contribution in [2.45, 2.75) is 32.6 Å². The minimum absolute atomic E-state index is 0.0578. The van der Waals surface area contributed by atoms with E-state index in [1.807, 2.05) is 66.9 Å². The first kappa shape index (κ1) is 22.6. The second-order valence-corrected chi connectivity index (χ2v) is 7.77. The predicted octanol–water partition coefficient (Wildman–Crippen LogP) is 4.54. The fourth-order valence-electron chi connectivity index (χ4n) is 3.22. The number of aromatic nitrogens is 3. The molecule has 33 heavy (non-hydrogen) atoms. The van der Waals surface area contributed by atoms with Crippen molar-refractivity contribution in [2.24, 2.45) is 0 Å². The van der Waals surface area contributed by atoms with Crippen LogP contribution in [-0.4, -0.2) is 26.8 Å². The quantitative estimate of drug-likeness (QED) is 0.306. The van der Waals surface area contributed by atoms with Crippen molar-refractivity contribution in [3.05, 3.63) is 107 Å². The molecule has 8 heteroatoms. The zero-order chi connectivity index (χ0) is 22.9. The lowest BCUT2D eigenvalue weighted by Gasteiger charge is -2.10. The molecule has 0 radical (unpaired) electrons. The first-order valence-electron chi connectivity index (χ1n) is 10.7. The number of hydrogen-bond acceptors (Lipinski definition) is 6. The number of allylic oxidation sites excluding steroid dienone is 1. The highest BCUT2D eigenvalue weighted by Crippen LogP contribution is 2.30. The maximum absolute atomic E-state index is 12.6. The van der Waals surface area contributed by atoms with E-state index in [0.717, 1.165) is 29.7 Å². The smallest absolute Gasteiger partial charge is 0.383 e. The number of hydrogen-bond donors (Lipinski definition) is 0. The van der Waals surface area contributed by atoms with Crippen molar-refractivity contribution in [3.63, 3.8) is 0 Å². The second kappa shape index (κ2) is 11.3.